The number of fused-ring (bicyclic) bond motifs is 1. The van der Waals surface area contributed by atoms with Gasteiger partial charge in [-0.3, -0.25) is 13.9 Å². The van der Waals surface area contributed by atoms with Gasteiger partial charge in [-0.25, -0.2) is 4.79 Å². The summed E-state index contributed by atoms with van der Waals surface area (Å²) in [4.78, 5) is 28.8. The van der Waals surface area contributed by atoms with Crippen molar-refractivity contribution >= 4 is 50.1 Å². The van der Waals surface area contributed by atoms with Crippen LogP contribution >= 0.6 is 11.8 Å². The van der Waals surface area contributed by atoms with Gasteiger partial charge >= 0.3 is 5.97 Å². The molecular weight excluding hydrogens is 535 g/mol. The van der Waals surface area contributed by atoms with Gasteiger partial charge in [0.1, 0.15) is 16.5 Å². The Morgan fingerprint density at radius 3 is 2.31 bits per heavy atom. The van der Waals surface area contributed by atoms with E-state index in [2.05, 4.69) is 53.5 Å². The number of thioether (sulfide) groups is 1. The monoisotopic (exact) mass is 577 g/mol. The third-order valence-corrected chi connectivity index (χ3v) is 15.5. The quantitative estimate of drug-likeness (QED) is 0.147. The van der Waals surface area contributed by atoms with E-state index in [0.29, 0.717) is 11.5 Å². The van der Waals surface area contributed by atoms with E-state index in [1.807, 2.05) is 13.8 Å². The number of carbonyl (C=O) groups excluding carboxylic acids is 2. The van der Waals surface area contributed by atoms with Crippen LogP contribution in [0.15, 0.2) is 22.8 Å². The molecule has 2 heterocycles. The molecule has 0 radical (unpaired) electrons. The summed E-state index contributed by atoms with van der Waals surface area (Å²) in [5, 5.41) is -0.330. The number of β-lactam (4-membered cyclic amide) rings is 1. The highest BCUT2D eigenvalue weighted by atomic mass is 32.2. The molecule has 0 aromatic heterocycles. The van der Waals surface area contributed by atoms with Crippen LogP contribution in [0.1, 0.15) is 34.6 Å². The van der Waals surface area contributed by atoms with Crippen LogP contribution in [0, 0.1) is 5.41 Å². The maximum Gasteiger partial charge on any atom is 0.356 e. The lowest BCUT2D eigenvalue weighted by molar-refractivity contribution is -0.170. The Kier molecular flexibility index (Phi) is 9.28. The Balaban J connectivity index is 2.30. The van der Waals surface area contributed by atoms with Crippen LogP contribution in [0.4, 0.5) is 0 Å². The summed E-state index contributed by atoms with van der Waals surface area (Å²) in [5.74, 6) is -0.709. The van der Waals surface area contributed by atoms with Crippen molar-refractivity contribution in [3.05, 3.63) is 22.8 Å². The van der Waals surface area contributed by atoms with Gasteiger partial charge in [0.05, 0.1) is 25.6 Å². The van der Waals surface area contributed by atoms with Crippen molar-refractivity contribution in [3.63, 3.8) is 0 Å². The molecule has 0 saturated carbocycles. The van der Waals surface area contributed by atoms with Crippen molar-refractivity contribution in [2.24, 2.45) is 5.41 Å². The topological polar surface area (TPSA) is 99.2 Å². The lowest BCUT2D eigenvalue weighted by Gasteiger charge is -2.55. The minimum atomic E-state index is -3.59. The van der Waals surface area contributed by atoms with E-state index in [-0.39, 0.29) is 34.7 Å². The van der Waals surface area contributed by atoms with Crippen LogP contribution in [0.2, 0.25) is 43.8 Å². The van der Waals surface area contributed by atoms with Crippen molar-refractivity contribution in [2.75, 3.05) is 19.5 Å². The standard InChI is InChI=1S/C24H43NO7S2Si2/c1-17(32-36(10,11)23(2,3)4)24(5)21(27)25-19(20(26)30-15-16-35(7,8)9)18(33-22(24)25)13-12-14-31-34(6,28)29/h12-13,17,22H,14-16H2,1-11H3/b13-12+/t17?,22-,24+/m1/s1. The molecule has 0 aromatic rings. The van der Waals surface area contributed by atoms with Gasteiger partial charge in [0, 0.05) is 13.0 Å². The molecule has 36 heavy (non-hydrogen) atoms. The van der Waals surface area contributed by atoms with Crippen LogP contribution in [-0.4, -0.2) is 72.5 Å². The zero-order valence-corrected chi connectivity index (χ0v) is 27.2. The molecule has 1 amide bonds. The highest BCUT2D eigenvalue weighted by molar-refractivity contribution is 8.04. The van der Waals surface area contributed by atoms with E-state index in [9.17, 15) is 18.0 Å². The van der Waals surface area contributed by atoms with E-state index >= 15 is 0 Å². The fourth-order valence-electron chi connectivity index (χ4n) is 3.63. The molecule has 2 aliphatic rings. The average molecular weight is 578 g/mol. The first-order valence-corrected chi connectivity index (χ1v) is 21.5. The van der Waals surface area contributed by atoms with Crippen molar-refractivity contribution in [3.8, 4) is 0 Å². The van der Waals surface area contributed by atoms with Gasteiger partial charge in [-0.2, -0.15) is 8.42 Å². The second-order valence-corrected chi connectivity index (χ2v) is 25.6. The van der Waals surface area contributed by atoms with Crippen molar-refractivity contribution in [1.82, 2.24) is 4.90 Å². The number of nitrogens with zero attached hydrogens (tertiary/aromatic N) is 1. The molecule has 0 aliphatic carbocycles. The third-order valence-electron chi connectivity index (χ3n) is 7.19. The lowest BCUT2D eigenvalue weighted by Crippen LogP contribution is -2.69. The zero-order valence-electron chi connectivity index (χ0n) is 23.6. The fraction of sp³-hybridized carbons (Fsp3) is 0.750. The summed E-state index contributed by atoms with van der Waals surface area (Å²) < 4.78 is 39.6. The van der Waals surface area contributed by atoms with E-state index in [1.165, 1.54) is 22.7 Å². The maximum absolute atomic E-state index is 13.6. The molecule has 1 saturated heterocycles. The van der Waals surface area contributed by atoms with Gasteiger partial charge in [0.15, 0.2) is 8.32 Å². The second-order valence-electron chi connectivity index (χ2n) is 12.5. The van der Waals surface area contributed by atoms with Crippen molar-refractivity contribution in [1.29, 1.82) is 0 Å². The Morgan fingerprint density at radius 1 is 1.22 bits per heavy atom. The van der Waals surface area contributed by atoms with Gasteiger partial charge in [0.2, 0.25) is 5.91 Å². The van der Waals surface area contributed by atoms with Crippen LogP contribution in [0.3, 0.4) is 0 Å². The smallest absolute Gasteiger partial charge is 0.356 e. The Morgan fingerprint density at radius 2 is 1.81 bits per heavy atom. The molecule has 8 nitrogen and oxygen atoms in total. The Labute approximate surface area is 223 Å². The SMILES string of the molecule is CC(O[Si](C)(C)C(C)(C)C)[C@@]1(C)C(=O)N2C(C(=O)OCC[Si](C)(C)C)=C(/C=C/COS(C)(=O)=O)S[C@@H]21. The molecular formula is C24H43NO7S2Si2. The highest BCUT2D eigenvalue weighted by Crippen LogP contribution is 2.58. The predicted molar refractivity (Wildman–Crippen MR) is 150 cm³/mol. The molecule has 3 atom stereocenters. The summed E-state index contributed by atoms with van der Waals surface area (Å²) >= 11 is 1.40. The summed E-state index contributed by atoms with van der Waals surface area (Å²) in [7, 11) is -7.14. The van der Waals surface area contributed by atoms with Crippen molar-refractivity contribution in [2.45, 2.75) is 89.9 Å². The number of amides is 1. The van der Waals surface area contributed by atoms with Crippen LogP contribution in [0.25, 0.3) is 0 Å². The maximum atomic E-state index is 13.6. The first-order valence-electron chi connectivity index (χ1n) is 12.2. The van der Waals surface area contributed by atoms with E-state index in [0.717, 1.165) is 12.3 Å². The van der Waals surface area contributed by atoms with E-state index in [1.54, 1.807) is 6.08 Å². The van der Waals surface area contributed by atoms with Crippen LogP contribution in [-0.2, 0) is 33.1 Å². The van der Waals surface area contributed by atoms with Gasteiger partial charge < -0.3 is 9.16 Å². The molecule has 0 aromatic carbocycles. The highest BCUT2D eigenvalue weighted by Gasteiger charge is 2.66. The molecule has 206 valence electrons. The van der Waals surface area contributed by atoms with Crippen LogP contribution in [0.5, 0.6) is 0 Å². The average Bonchev–Trinajstić information content (AvgIpc) is 3.04. The molecule has 2 rings (SSSR count). The summed E-state index contributed by atoms with van der Waals surface area (Å²) in [6, 6.07) is 0.818. The fourth-order valence-corrected chi connectivity index (χ4v) is 7.71. The number of rotatable bonds is 11. The third kappa shape index (κ3) is 6.93. The van der Waals surface area contributed by atoms with Crippen molar-refractivity contribution < 1.29 is 31.4 Å². The first-order chi connectivity index (χ1) is 16.1. The van der Waals surface area contributed by atoms with Gasteiger partial charge in [-0.05, 0) is 44.1 Å². The van der Waals surface area contributed by atoms with Gasteiger partial charge in [-0.1, -0.05) is 58.3 Å². The summed E-state index contributed by atoms with van der Waals surface area (Å²) in [6.07, 6.45) is 3.80. The minimum absolute atomic E-state index is 0.00990. The Hall–Kier alpha value is -0.926. The number of carbonyl (C=O) groups is 2. The van der Waals surface area contributed by atoms with E-state index in [4.69, 9.17) is 13.3 Å². The Bertz CT molecular complexity index is 1040. The number of esters is 1. The summed E-state index contributed by atoms with van der Waals surface area (Å²) in [5.41, 5.74) is -0.610. The molecule has 2 aliphatic heterocycles. The van der Waals surface area contributed by atoms with Crippen LogP contribution < -0.4 is 0 Å². The number of allylic oxidation sites excluding steroid dienone is 1. The molecule has 0 N–H and O–H groups in total. The predicted octanol–water partition coefficient (Wildman–Crippen LogP) is 4.94. The number of hydrogen-bond acceptors (Lipinski definition) is 8. The lowest BCUT2D eigenvalue weighted by atomic mass is 9.75. The minimum Gasteiger partial charge on any atom is -0.461 e. The normalized spacial score (nSPS) is 24.2. The zero-order chi connectivity index (χ0) is 27.9. The largest absolute Gasteiger partial charge is 0.461 e. The van der Waals surface area contributed by atoms with Gasteiger partial charge in [0.25, 0.3) is 10.1 Å². The van der Waals surface area contributed by atoms with E-state index < -0.39 is 37.9 Å². The summed E-state index contributed by atoms with van der Waals surface area (Å²) in [6.45, 7) is 21.4. The molecule has 12 heteroatoms. The number of hydrogen-bond donors (Lipinski definition) is 0. The molecule has 1 unspecified atom stereocenters. The number of ether oxygens (including phenoxy) is 1. The second kappa shape index (κ2) is 10.7. The molecule has 0 bridgehead atoms. The molecule has 1 fully saturated rings. The molecule has 0 spiro atoms. The first kappa shape index (κ1) is 31.3. The van der Waals surface area contributed by atoms with Gasteiger partial charge in [-0.15, -0.1) is 0 Å².